The molecule has 102 valence electrons. The monoisotopic (exact) mass is 323 g/mol. The van der Waals surface area contributed by atoms with Crippen molar-refractivity contribution >= 4 is 15.9 Å². The van der Waals surface area contributed by atoms with Gasteiger partial charge in [-0.2, -0.15) is 0 Å². The number of benzene rings is 1. The second-order valence-corrected chi connectivity index (χ2v) is 5.45. The van der Waals surface area contributed by atoms with Crippen molar-refractivity contribution in [3.8, 4) is 5.75 Å². The standard InChI is InChI=1S/C15H18BrNO2/c1-3-12(17)15(14-5-4-8-18-14)19-13-7-6-11(16)9-10(13)2/h4-9,12,15H,3,17H2,1-2H3. The summed E-state index contributed by atoms with van der Waals surface area (Å²) in [5.41, 5.74) is 7.21. The second kappa shape index (κ2) is 6.26. The second-order valence-electron chi connectivity index (χ2n) is 4.54. The van der Waals surface area contributed by atoms with E-state index in [1.54, 1.807) is 6.26 Å². The first-order valence-electron chi connectivity index (χ1n) is 6.33. The van der Waals surface area contributed by atoms with Gasteiger partial charge in [0.15, 0.2) is 6.10 Å². The van der Waals surface area contributed by atoms with Gasteiger partial charge < -0.3 is 14.9 Å². The third-order valence-electron chi connectivity index (χ3n) is 3.07. The van der Waals surface area contributed by atoms with Crippen molar-refractivity contribution in [2.24, 2.45) is 5.73 Å². The van der Waals surface area contributed by atoms with E-state index in [1.165, 1.54) is 0 Å². The Balaban J connectivity index is 2.25. The van der Waals surface area contributed by atoms with Crippen molar-refractivity contribution in [1.82, 2.24) is 0 Å². The highest BCUT2D eigenvalue weighted by Crippen LogP contribution is 2.29. The Hall–Kier alpha value is -1.26. The average molecular weight is 324 g/mol. The lowest BCUT2D eigenvalue weighted by Crippen LogP contribution is -2.31. The van der Waals surface area contributed by atoms with Crippen molar-refractivity contribution in [2.45, 2.75) is 32.4 Å². The van der Waals surface area contributed by atoms with E-state index in [1.807, 2.05) is 44.2 Å². The van der Waals surface area contributed by atoms with Gasteiger partial charge in [-0.05, 0) is 49.2 Å². The summed E-state index contributed by atoms with van der Waals surface area (Å²) in [5.74, 6) is 1.59. The molecule has 1 heterocycles. The minimum Gasteiger partial charge on any atom is -0.481 e. The van der Waals surface area contributed by atoms with E-state index in [2.05, 4.69) is 15.9 Å². The molecule has 2 N–H and O–H groups in total. The molecule has 0 spiro atoms. The van der Waals surface area contributed by atoms with Crippen LogP contribution in [0.5, 0.6) is 5.75 Å². The number of halogens is 1. The number of hydrogen-bond donors (Lipinski definition) is 1. The fraction of sp³-hybridized carbons (Fsp3) is 0.333. The predicted molar refractivity (Wildman–Crippen MR) is 79.2 cm³/mol. The predicted octanol–water partition coefficient (Wildman–Crippen LogP) is 4.21. The summed E-state index contributed by atoms with van der Waals surface area (Å²) in [6, 6.07) is 9.56. The van der Waals surface area contributed by atoms with E-state index >= 15 is 0 Å². The van der Waals surface area contributed by atoms with Gasteiger partial charge in [0.2, 0.25) is 0 Å². The van der Waals surface area contributed by atoms with Gasteiger partial charge in [0.1, 0.15) is 11.5 Å². The molecule has 1 aromatic carbocycles. The van der Waals surface area contributed by atoms with Crippen LogP contribution in [0, 0.1) is 6.92 Å². The highest BCUT2D eigenvalue weighted by atomic mass is 79.9. The molecule has 2 aromatic rings. The maximum atomic E-state index is 6.14. The van der Waals surface area contributed by atoms with E-state index in [0.29, 0.717) is 0 Å². The smallest absolute Gasteiger partial charge is 0.171 e. The first kappa shape index (κ1) is 14.2. The van der Waals surface area contributed by atoms with Gasteiger partial charge in [0, 0.05) is 10.5 Å². The summed E-state index contributed by atoms with van der Waals surface area (Å²) in [6.07, 6.45) is 2.20. The zero-order chi connectivity index (χ0) is 13.8. The summed E-state index contributed by atoms with van der Waals surface area (Å²) >= 11 is 3.45. The van der Waals surface area contributed by atoms with Crippen LogP contribution >= 0.6 is 15.9 Å². The number of aryl methyl sites for hydroxylation is 1. The van der Waals surface area contributed by atoms with Gasteiger partial charge in [0.05, 0.1) is 6.26 Å². The molecule has 0 amide bonds. The van der Waals surface area contributed by atoms with Crippen LogP contribution in [0.25, 0.3) is 0 Å². The lowest BCUT2D eigenvalue weighted by atomic mass is 10.1. The van der Waals surface area contributed by atoms with Crippen LogP contribution in [0.4, 0.5) is 0 Å². The number of nitrogens with two attached hydrogens (primary N) is 1. The van der Waals surface area contributed by atoms with Crippen LogP contribution in [0.1, 0.15) is 30.8 Å². The molecular formula is C15H18BrNO2. The summed E-state index contributed by atoms with van der Waals surface area (Å²) in [5, 5.41) is 0. The van der Waals surface area contributed by atoms with Crippen LogP contribution in [-0.2, 0) is 0 Å². The van der Waals surface area contributed by atoms with Gasteiger partial charge in [-0.1, -0.05) is 22.9 Å². The van der Waals surface area contributed by atoms with Crippen molar-refractivity contribution in [3.05, 3.63) is 52.4 Å². The maximum Gasteiger partial charge on any atom is 0.171 e. The Morgan fingerprint density at radius 1 is 1.37 bits per heavy atom. The Bertz CT molecular complexity index is 525. The summed E-state index contributed by atoms with van der Waals surface area (Å²) < 4.78 is 12.5. The molecule has 2 rings (SSSR count). The van der Waals surface area contributed by atoms with Crippen LogP contribution in [0.2, 0.25) is 0 Å². The van der Waals surface area contributed by atoms with E-state index in [-0.39, 0.29) is 12.1 Å². The highest BCUT2D eigenvalue weighted by Gasteiger charge is 2.23. The summed E-state index contributed by atoms with van der Waals surface area (Å²) in [4.78, 5) is 0. The highest BCUT2D eigenvalue weighted by molar-refractivity contribution is 9.10. The quantitative estimate of drug-likeness (QED) is 0.896. The van der Waals surface area contributed by atoms with Crippen LogP contribution in [0.15, 0.2) is 45.5 Å². The van der Waals surface area contributed by atoms with Crippen molar-refractivity contribution in [1.29, 1.82) is 0 Å². The summed E-state index contributed by atoms with van der Waals surface area (Å²) in [7, 11) is 0. The van der Waals surface area contributed by atoms with Crippen LogP contribution < -0.4 is 10.5 Å². The summed E-state index contributed by atoms with van der Waals surface area (Å²) in [6.45, 7) is 4.05. The molecule has 0 aliphatic carbocycles. The lowest BCUT2D eigenvalue weighted by molar-refractivity contribution is 0.144. The molecule has 0 radical (unpaired) electrons. The first-order valence-corrected chi connectivity index (χ1v) is 7.13. The third-order valence-corrected chi connectivity index (χ3v) is 3.57. The molecule has 3 nitrogen and oxygen atoms in total. The number of rotatable bonds is 5. The fourth-order valence-corrected chi connectivity index (χ4v) is 2.38. The number of ether oxygens (including phenoxy) is 1. The molecule has 2 unspecified atom stereocenters. The molecule has 0 aliphatic heterocycles. The molecule has 4 heteroatoms. The van der Waals surface area contributed by atoms with Gasteiger partial charge in [-0.3, -0.25) is 0 Å². The van der Waals surface area contributed by atoms with E-state index in [9.17, 15) is 0 Å². The Morgan fingerprint density at radius 2 is 2.16 bits per heavy atom. The fourth-order valence-electron chi connectivity index (χ4n) is 1.91. The van der Waals surface area contributed by atoms with Gasteiger partial charge in [-0.25, -0.2) is 0 Å². The maximum absolute atomic E-state index is 6.14. The molecular weight excluding hydrogens is 306 g/mol. The number of hydrogen-bond acceptors (Lipinski definition) is 3. The Morgan fingerprint density at radius 3 is 2.74 bits per heavy atom. The zero-order valence-corrected chi connectivity index (χ0v) is 12.7. The van der Waals surface area contributed by atoms with Gasteiger partial charge in [-0.15, -0.1) is 0 Å². The minimum absolute atomic E-state index is 0.103. The van der Waals surface area contributed by atoms with E-state index < -0.39 is 0 Å². The van der Waals surface area contributed by atoms with Crippen molar-refractivity contribution < 1.29 is 9.15 Å². The van der Waals surface area contributed by atoms with Crippen LogP contribution in [-0.4, -0.2) is 6.04 Å². The molecule has 0 saturated heterocycles. The molecule has 0 bridgehead atoms. The normalized spacial score (nSPS) is 14.1. The molecule has 0 saturated carbocycles. The zero-order valence-electron chi connectivity index (χ0n) is 11.1. The minimum atomic E-state index is -0.264. The van der Waals surface area contributed by atoms with Crippen LogP contribution in [0.3, 0.4) is 0 Å². The third kappa shape index (κ3) is 3.39. The van der Waals surface area contributed by atoms with Crippen molar-refractivity contribution in [3.63, 3.8) is 0 Å². The Kier molecular flexibility index (Phi) is 4.66. The first-order chi connectivity index (χ1) is 9.11. The van der Waals surface area contributed by atoms with Gasteiger partial charge in [0.25, 0.3) is 0 Å². The molecule has 19 heavy (non-hydrogen) atoms. The SMILES string of the molecule is CCC(N)C(Oc1ccc(Br)cc1C)c1ccco1. The average Bonchev–Trinajstić information content (AvgIpc) is 2.91. The molecule has 1 aromatic heterocycles. The van der Waals surface area contributed by atoms with E-state index in [0.717, 1.165) is 28.0 Å². The van der Waals surface area contributed by atoms with Gasteiger partial charge >= 0.3 is 0 Å². The Labute approximate surface area is 121 Å². The largest absolute Gasteiger partial charge is 0.481 e. The lowest BCUT2D eigenvalue weighted by Gasteiger charge is -2.23. The molecule has 2 atom stereocenters. The molecule has 0 fully saturated rings. The van der Waals surface area contributed by atoms with E-state index in [4.69, 9.17) is 14.9 Å². The number of furan rings is 1. The van der Waals surface area contributed by atoms with Crippen molar-refractivity contribution in [2.75, 3.05) is 0 Å². The molecule has 0 aliphatic rings. The topological polar surface area (TPSA) is 48.4 Å².